The maximum absolute atomic E-state index is 11.3. The van der Waals surface area contributed by atoms with Gasteiger partial charge >= 0.3 is 0 Å². The van der Waals surface area contributed by atoms with Crippen LogP contribution in [-0.2, 0) is 9.84 Å². The average molecular weight is 245 g/mol. The molecule has 16 heavy (non-hydrogen) atoms. The molecule has 0 bridgehead atoms. The van der Waals surface area contributed by atoms with E-state index in [1.807, 2.05) is 0 Å². The second kappa shape index (κ2) is 4.14. The van der Waals surface area contributed by atoms with Crippen LogP contribution in [0.15, 0.2) is 4.52 Å². The van der Waals surface area contributed by atoms with Crippen LogP contribution >= 0.6 is 0 Å². The zero-order valence-corrected chi connectivity index (χ0v) is 10.1. The molecule has 0 aliphatic carbocycles. The second-order valence-electron chi connectivity index (χ2n) is 4.11. The molecule has 0 radical (unpaired) electrons. The van der Waals surface area contributed by atoms with Gasteiger partial charge in [0.1, 0.15) is 5.25 Å². The summed E-state index contributed by atoms with van der Waals surface area (Å²) in [7, 11) is -3.17. The third kappa shape index (κ3) is 2.25. The summed E-state index contributed by atoms with van der Waals surface area (Å²) < 4.78 is 27.7. The van der Waals surface area contributed by atoms with E-state index in [-0.39, 0.29) is 11.9 Å². The molecule has 1 aliphatic rings. The van der Waals surface area contributed by atoms with Crippen LogP contribution in [-0.4, -0.2) is 31.4 Å². The first kappa shape index (κ1) is 11.5. The monoisotopic (exact) mass is 245 g/mol. The molecule has 1 unspecified atom stereocenters. The standard InChI is InChI=1S/C9H15N3O3S/c1-6(16(2,13)14)8-11-9(15-12-8)7-4-3-5-10-7/h6-7,10H,3-5H2,1-2H3/t6?,7-/m1/s1. The number of rotatable bonds is 3. The highest BCUT2D eigenvalue weighted by atomic mass is 32.2. The van der Waals surface area contributed by atoms with Crippen LogP contribution in [0.1, 0.15) is 42.8 Å². The van der Waals surface area contributed by atoms with Crippen molar-refractivity contribution in [2.75, 3.05) is 12.8 Å². The van der Waals surface area contributed by atoms with Gasteiger partial charge in [0, 0.05) is 6.26 Å². The number of hydrogen-bond donors (Lipinski definition) is 1. The molecule has 2 rings (SSSR count). The van der Waals surface area contributed by atoms with E-state index >= 15 is 0 Å². The smallest absolute Gasteiger partial charge is 0.243 e. The SMILES string of the molecule is CC(c1noc([C@H]2CCCN2)n1)S(C)(=O)=O. The predicted molar refractivity (Wildman–Crippen MR) is 57.5 cm³/mol. The van der Waals surface area contributed by atoms with Crippen LogP contribution in [0, 0.1) is 0 Å². The van der Waals surface area contributed by atoms with Gasteiger partial charge in [-0.3, -0.25) is 0 Å². The molecule has 7 heteroatoms. The van der Waals surface area contributed by atoms with Gasteiger partial charge in [-0.25, -0.2) is 8.42 Å². The number of hydrogen-bond acceptors (Lipinski definition) is 6. The highest BCUT2D eigenvalue weighted by Crippen LogP contribution is 2.24. The lowest BCUT2D eigenvalue weighted by Crippen LogP contribution is -2.14. The highest BCUT2D eigenvalue weighted by molar-refractivity contribution is 7.90. The largest absolute Gasteiger partial charge is 0.338 e. The summed E-state index contributed by atoms with van der Waals surface area (Å²) in [4.78, 5) is 4.14. The zero-order chi connectivity index (χ0) is 11.8. The van der Waals surface area contributed by atoms with E-state index < -0.39 is 15.1 Å². The van der Waals surface area contributed by atoms with Gasteiger partial charge in [0.25, 0.3) is 0 Å². The molecule has 1 aromatic rings. The van der Waals surface area contributed by atoms with E-state index in [1.165, 1.54) is 6.26 Å². The van der Waals surface area contributed by atoms with Crippen molar-refractivity contribution in [2.24, 2.45) is 0 Å². The quantitative estimate of drug-likeness (QED) is 0.839. The van der Waals surface area contributed by atoms with Crippen molar-refractivity contribution in [1.29, 1.82) is 0 Å². The third-order valence-corrected chi connectivity index (χ3v) is 4.32. The number of sulfone groups is 1. The summed E-state index contributed by atoms with van der Waals surface area (Å²) in [6, 6.07) is 0.0769. The molecule has 2 atom stereocenters. The van der Waals surface area contributed by atoms with Gasteiger partial charge < -0.3 is 9.84 Å². The topological polar surface area (TPSA) is 85.1 Å². The lowest BCUT2D eigenvalue weighted by Gasteiger charge is -2.03. The van der Waals surface area contributed by atoms with Crippen molar-refractivity contribution < 1.29 is 12.9 Å². The van der Waals surface area contributed by atoms with Crippen LogP contribution in [0.3, 0.4) is 0 Å². The fourth-order valence-corrected chi connectivity index (χ4v) is 2.12. The summed E-state index contributed by atoms with van der Waals surface area (Å²) in [6.07, 6.45) is 3.19. The molecule has 1 fully saturated rings. The summed E-state index contributed by atoms with van der Waals surface area (Å²) in [6.45, 7) is 2.50. The maximum Gasteiger partial charge on any atom is 0.243 e. The summed E-state index contributed by atoms with van der Waals surface area (Å²) in [5.41, 5.74) is 0. The fourth-order valence-electron chi connectivity index (χ4n) is 1.64. The minimum atomic E-state index is -3.17. The molecular weight excluding hydrogens is 230 g/mol. The zero-order valence-electron chi connectivity index (χ0n) is 9.30. The Labute approximate surface area is 94.3 Å². The van der Waals surface area contributed by atoms with E-state index in [2.05, 4.69) is 15.5 Å². The summed E-state index contributed by atoms with van der Waals surface area (Å²) >= 11 is 0. The van der Waals surface area contributed by atoms with E-state index in [0.717, 1.165) is 19.4 Å². The highest BCUT2D eigenvalue weighted by Gasteiger charge is 2.27. The minimum Gasteiger partial charge on any atom is -0.338 e. The lowest BCUT2D eigenvalue weighted by atomic mass is 10.2. The molecule has 90 valence electrons. The Bertz CT molecular complexity index is 462. The minimum absolute atomic E-state index is 0.0769. The molecule has 0 saturated carbocycles. The first-order chi connectivity index (χ1) is 7.48. The fraction of sp³-hybridized carbons (Fsp3) is 0.778. The summed E-state index contributed by atoms with van der Waals surface area (Å²) in [5.74, 6) is 0.731. The Morgan fingerprint density at radius 3 is 2.88 bits per heavy atom. The third-order valence-electron chi connectivity index (χ3n) is 2.82. The second-order valence-corrected chi connectivity index (χ2v) is 6.48. The molecule has 0 spiro atoms. The van der Waals surface area contributed by atoms with E-state index in [0.29, 0.717) is 5.89 Å². The molecule has 0 amide bonds. The Morgan fingerprint density at radius 1 is 1.56 bits per heavy atom. The van der Waals surface area contributed by atoms with Crippen molar-refractivity contribution in [1.82, 2.24) is 15.5 Å². The van der Waals surface area contributed by atoms with E-state index in [1.54, 1.807) is 6.92 Å². The van der Waals surface area contributed by atoms with Crippen molar-refractivity contribution in [2.45, 2.75) is 31.1 Å². The first-order valence-electron chi connectivity index (χ1n) is 5.24. The van der Waals surface area contributed by atoms with Crippen LogP contribution in [0.2, 0.25) is 0 Å². The van der Waals surface area contributed by atoms with Crippen LogP contribution in [0.4, 0.5) is 0 Å². The Hall–Kier alpha value is -0.950. The molecule has 2 heterocycles. The Balaban J connectivity index is 2.19. The Morgan fingerprint density at radius 2 is 2.31 bits per heavy atom. The molecule has 1 saturated heterocycles. The molecule has 1 aromatic heterocycles. The van der Waals surface area contributed by atoms with Crippen LogP contribution in [0.25, 0.3) is 0 Å². The number of nitrogens with zero attached hydrogens (tertiary/aromatic N) is 2. The van der Waals surface area contributed by atoms with Gasteiger partial charge in [0.05, 0.1) is 6.04 Å². The molecule has 1 aliphatic heterocycles. The number of nitrogens with one attached hydrogen (secondary N) is 1. The normalized spacial score (nSPS) is 23.5. The van der Waals surface area contributed by atoms with Crippen molar-refractivity contribution >= 4 is 9.84 Å². The van der Waals surface area contributed by atoms with Crippen molar-refractivity contribution in [3.8, 4) is 0 Å². The van der Waals surface area contributed by atoms with Crippen molar-refractivity contribution in [3.63, 3.8) is 0 Å². The van der Waals surface area contributed by atoms with Gasteiger partial charge in [-0.2, -0.15) is 4.98 Å². The summed E-state index contributed by atoms with van der Waals surface area (Å²) in [5, 5.41) is 6.22. The van der Waals surface area contributed by atoms with E-state index in [9.17, 15) is 8.42 Å². The molecule has 1 N–H and O–H groups in total. The van der Waals surface area contributed by atoms with Crippen LogP contribution < -0.4 is 5.32 Å². The van der Waals surface area contributed by atoms with Crippen molar-refractivity contribution in [3.05, 3.63) is 11.7 Å². The van der Waals surface area contributed by atoms with Crippen LogP contribution in [0.5, 0.6) is 0 Å². The first-order valence-corrected chi connectivity index (χ1v) is 7.19. The van der Waals surface area contributed by atoms with E-state index in [4.69, 9.17) is 4.52 Å². The maximum atomic E-state index is 11.3. The molecule has 0 aromatic carbocycles. The van der Waals surface area contributed by atoms with Gasteiger partial charge in [0.15, 0.2) is 15.7 Å². The number of aromatic nitrogens is 2. The van der Waals surface area contributed by atoms with Gasteiger partial charge in [-0.1, -0.05) is 5.16 Å². The molecular formula is C9H15N3O3S. The van der Waals surface area contributed by atoms with Gasteiger partial charge in [-0.05, 0) is 26.3 Å². The molecule has 6 nitrogen and oxygen atoms in total. The van der Waals surface area contributed by atoms with Gasteiger partial charge in [0.2, 0.25) is 5.89 Å². The van der Waals surface area contributed by atoms with Gasteiger partial charge in [-0.15, -0.1) is 0 Å². The predicted octanol–water partition coefficient (Wildman–Crippen LogP) is 0.600. The Kier molecular flexibility index (Phi) is 2.98. The average Bonchev–Trinajstić information content (AvgIpc) is 2.85. The lowest BCUT2D eigenvalue weighted by molar-refractivity contribution is 0.341.